The van der Waals surface area contributed by atoms with Crippen LogP contribution < -0.4 is 0 Å². The third kappa shape index (κ3) is 3.88. The fourth-order valence-corrected chi connectivity index (χ4v) is 9.57. The highest BCUT2D eigenvalue weighted by atomic mass is 16.5. The molecular formula is C29H45NO3. The summed E-state index contributed by atoms with van der Waals surface area (Å²) in [6.45, 7) is 12.3. The number of oxazole rings is 1. The van der Waals surface area contributed by atoms with Crippen LogP contribution >= 0.6 is 0 Å². The Morgan fingerprint density at radius 3 is 2.67 bits per heavy atom. The summed E-state index contributed by atoms with van der Waals surface area (Å²) in [6.07, 6.45) is 15.3. The number of esters is 1. The van der Waals surface area contributed by atoms with E-state index in [0.29, 0.717) is 29.2 Å². The summed E-state index contributed by atoms with van der Waals surface area (Å²) < 4.78 is 10.8. The quantitative estimate of drug-likeness (QED) is 0.436. The maximum Gasteiger partial charge on any atom is 0.375 e. The SMILES string of the molecule is CCOC(=O)c1cnc(C[C@H](C)C2CCC3[C@@H]4CC[C@@H]5C[C@@H](C)CC[C@]5(C)C4CC[C@@]32C)o1. The van der Waals surface area contributed by atoms with Crippen LogP contribution in [-0.4, -0.2) is 17.6 Å². The number of rotatable bonds is 5. The Morgan fingerprint density at radius 1 is 1.12 bits per heavy atom. The maximum atomic E-state index is 12.0. The molecule has 4 aliphatic rings. The molecule has 0 saturated heterocycles. The number of aromatic nitrogens is 1. The van der Waals surface area contributed by atoms with Crippen LogP contribution in [0.4, 0.5) is 0 Å². The molecule has 184 valence electrons. The lowest BCUT2D eigenvalue weighted by atomic mass is 9.44. The van der Waals surface area contributed by atoms with Crippen molar-refractivity contribution in [2.75, 3.05) is 6.61 Å². The predicted octanol–water partition coefficient (Wildman–Crippen LogP) is 7.32. The predicted molar refractivity (Wildman–Crippen MR) is 130 cm³/mol. The number of fused-ring (bicyclic) bond motifs is 5. The fourth-order valence-electron chi connectivity index (χ4n) is 9.57. The van der Waals surface area contributed by atoms with E-state index in [1.54, 1.807) is 0 Å². The average molecular weight is 456 g/mol. The molecule has 4 heteroatoms. The molecule has 1 aromatic rings. The van der Waals surface area contributed by atoms with E-state index in [1.807, 2.05) is 6.92 Å². The van der Waals surface area contributed by atoms with Gasteiger partial charge in [0.05, 0.1) is 12.8 Å². The molecule has 33 heavy (non-hydrogen) atoms. The van der Waals surface area contributed by atoms with Crippen LogP contribution in [-0.2, 0) is 11.2 Å². The molecule has 1 heterocycles. The van der Waals surface area contributed by atoms with Gasteiger partial charge in [0.2, 0.25) is 5.76 Å². The first-order valence-electron chi connectivity index (χ1n) is 13.9. The number of hydrogen-bond donors (Lipinski definition) is 0. The van der Waals surface area contributed by atoms with E-state index in [0.717, 1.165) is 41.9 Å². The van der Waals surface area contributed by atoms with Crippen LogP contribution in [0.5, 0.6) is 0 Å². The third-order valence-electron chi connectivity index (χ3n) is 11.2. The van der Waals surface area contributed by atoms with Crippen molar-refractivity contribution in [3.8, 4) is 0 Å². The van der Waals surface area contributed by atoms with Crippen LogP contribution in [0.1, 0.15) is 109 Å². The highest BCUT2D eigenvalue weighted by Crippen LogP contribution is 2.68. The van der Waals surface area contributed by atoms with Gasteiger partial charge < -0.3 is 9.15 Å². The number of nitrogens with zero attached hydrogens (tertiary/aromatic N) is 1. The lowest BCUT2D eigenvalue weighted by molar-refractivity contribution is -0.120. The molecule has 0 aliphatic heterocycles. The molecule has 0 bridgehead atoms. The standard InChI is InChI=1S/C29H45NO3/c1-6-32-27(31)25-17-30-26(33-25)16-19(3)22-9-10-23-21-8-7-20-15-18(2)11-13-28(20,4)24(21)12-14-29(22,23)5/h17-24H,6-16H2,1-5H3/t18-,19-,20+,21-,22?,23?,24?,28-,29+/m0/s1. The minimum absolute atomic E-state index is 0.238. The Labute approximate surface area is 200 Å². The van der Waals surface area contributed by atoms with Gasteiger partial charge >= 0.3 is 5.97 Å². The van der Waals surface area contributed by atoms with Crippen LogP contribution in [0.3, 0.4) is 0 Å². The Hall–Kier alpha value is -1.32. The zero-order chi connectivity index (χ0) is 23.4. The molecule has 9 atom stereocenters. The Kier molecular flexibility index (Phi) is 6.19. The van der Waals surface area contributed by atoms with Gasteiger partial charge in [-0.05, 0) is 111 Å². The molecular weight excluding hydrogens is 410 g/mol. The lowest BCUT2D eigenvalue weighted by Gasteiger charge is -2.61. The van der Waals surface area contributed by atoms with E-state index < -0.39 is 5.97 Å². The number of carbonyl (C=O) groups is 1. The summed E-state index contributed by atoms with van der Waals surface area (Å²) in [4.78, 5) is 16.4. The second-order valence-electron chi connectivity index (χ2n) is 12.8. The topological polar surface area (TPSA) is 52.3 Å². The third-order valence-corrected chi connectivity index (χ3v) is 11.2. The summed E-state index contributed by atoms with van der Waals surface area (Å²) >= 11 is 0. The first kappa shape index (κ1) is 23.4. The second kappa shape index (κ2) is 8.72. The van der Waals surface area contributed by atoms with Crippen molar-refractivity contribution >= 4 is 5.97 Å². The zero-order valence-corrected chi connectivity index (χ0v) is 21.6. The highest BCUT2D eigenvalue weighted by molar-refractivity contribution is 5.85. The maximum absolute atomic E-state index is 12.0. The molecule has 5 rings (SSSR count). The first-order valence-corrected chi connectivity index (χ1v) is 13.9. The summed E-state index contributed by atoms with van der Waals surface area (Å²) in [5, 5.41) is 0. The molecule has 4 nitrogen and oxygen atoms in total. The van der Waals surface area contributed by atoms with Crippen molar-refractivity contribution < 1.29 is 13.9 Å². The van der Waals surface area contributed by atoms with Gasteiger partial charge in [-0.15, -0.1) is 0 Å². The molecule has 0 aromatic carbocycles. The molecule has 4 fully saturated rings. The first-order chi connectivity index (χ1) is 15.8. The van der Waals surface area contributed by atoms with E-state index in [9.17, 15) is 4.79 Å². The van der Waals surface area contributed by atoms with Gasteiger partial charge in [-0.25, -0.2) is 9.78 Å². The van der Waals surface area contributed by atoms with Crippen LogP contribution in [0, 0.1) is 52.3 Å². The van der Waals surface area contributed by atoms with Crippen molar-refractivity contribution in [3.05, 3.63) is 17.8 Å². The van der Waals surface area contributed by atoms with Crippen molar-refractivity contribution in [1.29, 1.82) is 0 Å². The summed E-state index contributed by atoms with van der Waals surface area (Å²) in [5.41, 5.74) is 1.05. The lowest BCUT2D eigenvalue weighted by Crippen LogP contribution is -2.53. The Bertz CT molecular complexity index is 863. The number of hydrogen-bond acceptors (Lipinski definition) is 4. The van der Waals surface area contributed by atoms with E-state index in [1.165, 1.54) is 64.0 Å². The van der Waals surface area contributed by atoms with E-state index in [2.05, 4.69) is 32.7 Å². The molecule has 0 spiro atoms. The Morgan fingerprint density at radius 2 is 1.88 bits per heavy atom. The van der Waals surface area contributed by atoms with Gasteiger partial charge in [0, 0.05) is 6.42 Å². The largest absolute Gasteiger partial charge is 0.460 e. The number of carbonyl (C=O) groups excluding carboxylic acids is 1. The molecule has 0 amide bonds. The van der Waals surface area contributed by atoms with Gasteiger partial charge in [-0.3, -0.25) is 0 Å². The highest BCUT2D eigenvalue weighted by Gasteiger charge is 2.60. The Balaban J connectivity index is 1.28. The minimum Gasteiger partial charge on any atom is -0.460 e. The van der Waals surface area contributed by atoms with E-state index in [4.69, 9.17) is 9.15 Å². The molecule has 4 aliphatic carbocycles. The zero-order valence-electron chi connectivity index (χ0n) is 21.6. The van der Waals surface area contributed by atoms with Crippen LogP contribution in [0.15, 0.2) is 10.6 Å². The van der Waals surface area contributed by atoms with Gasteiger partial charge in [-0.1, -0.05) is 34.1 Å². The molecule has 0 radical (unpaired) electrons. The molecule has 1 aromatic heterocycles. The summed E-state index contributed by atoms with van der Waals surface area (Å²) in [7, 11) is 0. The fraction of sp³-hybridized carbons (Fsp3) is 0.862. The van der Waals surface area contributed by atoms with E-state index in [-0.39, 0.29) is 5.76 Å². The van der Waals surface area contributed by atoms with Gasteiger partial charge in [-0.2, -0.15) is 0 Å². The normalized spacial score (nSPS) is 43.3. The van der Waals surface area contributed by atoms with Crippen molar-refractivity contribution in [2.24, 2.45) is 52.3 Å². The molecule has 3 unspecified atom stereocenters. The minimum atomic E-state index is -0.406. The molecule has 0 N–H and O–H groups in total. The van der Waals surface area contributed by atoms with E-state index >= 15 is 0 Å². The smallest absolute Gasteiger partial charge is 0.375 e. The van der Waals surface area contributed by atoms with Gasteiger partial charge in [0.1, 0.15) is 0 Å². The van der Waals surface area contributed by atoms with Crippen molar-refractivity contribution in [1.82, 2.24) is 4.98 Å². The monoisotopic (exact) mass is 455 g/mol. The molecule has 4 saturated carbocycles. The summed E-state index contributed by atoms with van der Waals surface area (Å²) in [6, 6.07) is 0. The van der Waals surface area contributed by atoms with Crippen LogP contribution in [0.25, 0.3) is 0 Å². The summed E-state index contributed by atoms with van der Waals surface area (Å²) in [5.74, 6) is 6.45. The second-order valence-corrected chi connectivity index (χ2v) is 12.8. The van der Waals surface area contributed by atoms with Gasteiger partial charge in [0.15, 0.2) is 5.89 Å². The average Bonchev–Trinajstić information content (AvgIpc) is 3.38. The van der Waals surface area contributed by atoms with Crippen molar-refractivity contribution in [3.63, 3.8) is 0 Å². The van der Waals surface area contributed by atoms with Gasteiger partial charge in [0.25, 0.3) is 0 Å². The number of ether oxygens (including phenoxy) is 1. The van der Waals surface area contributed by atoms with Crippen molar-refractivity contribution in [2.45, 2.75) is 98.8 Å². The van der Waals surface area contributed by atoms with Crippen LogP contribution in [0.2, 0.25) is 0 Å².